The van der Waals surface area contributed by atoms with Gasteiger partial charge in [0.2, 0.25) is 0 Å². The molecule has 0 spiro atoms. The number of benzene rings is 2. The third-order valence-corrected chi connectivity index (χ3v) is 6.01. The number of aliphatic hydroxyl groups excluding tert-OH is 1. The van der Waals surface area contributed by atoms with Gasteiger partial charge in [-0.15, -0.1) is 0 Å². The quantitative estimate of drug-likeness (QED) is 0.858. The van der Waals surface area contributed by atoms with E-state index in [-0.39, 0.29) is 11.9 Å². The SMILES string of the molecule is CO[C@H]1C(=O)N2CC3=C(c4ccccc4)CC3=C(c3ccccc3)[C@@H](O)[C@@H]12. The van der Waals surface area contributed by atoms with Crippen molar-refractivity contribution in [3.05, 3.63) is 82.9 Å². The maximum atomic E-state index is 12.5. The maximum absolute atomic E-state index is 12.5. The molecule has 27 heavy (non-hydrogen) atoms. The molecule has 4 heteroatoms. The molecule has 0 unspecified atom stereocenters. The number of allylic oxidation sites excluding steroid dienone is 1. The number of carbonyl (C=O) groups is 1. The summed E-state index contributed by atoms with van der Waals surface area (Å²) in [4.78, 5) is 14.3. The molecule has 0 bridgehead atoms. The minimum absolute atomic E-state index is 0.0398. The fraction of sp³-hybridized carbons (Fsp3) is 0.261. The Balaban J connectivity index is 1.67. The molecule has 1 amide bonds. The van der Waals surface area contributed by atoms with Crippen molar-refractivity contribution < 1.29 is 14.6 Å². The van der Waals surface area contributed by atoms with Crippen LogP contribution in [0, 0.1) is 0 Å². The van der Waals surface area contributed by atoms with E-state index in [2.05, 4.69) is 12.1 Å². The minimum Gasteiger partial charge on any atom is -0.386 e. The smallest absolute Gasteiger partial charge is 0.254 e. The molecule has 2 heterocycles. The zero-order valence-electron chi connectivity index (χ0n) is 15.1. The highest BCUT2D eigenvalue weighted by Gasteiger charge is 2.55. The van der Waals surface area contributed by atoms with Crippen molar-refractivity contribution in [1.29, 1.82) is 0 Å². The van der Waals surface area contributed by atoms with Gasteiger partial charge in [-0.3, -0.25) is 4.79 Å². The Kier molecular flexibility index (Phi) is 3.78. The maximum Gasteiger partial charge on any atom is 0.254 e. The highest BCUT2D eigenvalue weighted by Crippen LogP contribution is 2.50. The van der Waals surface area contributed by atoms with Crippen LogP contribution >= 0.6 is 0 Å². The average molecular weight is 359 g/mol. The predicted octanol–water partition coefficient (Wildman–Crippen LogP) is 2.90. The van der Waals surface area contributed by atoms with Crippen LogP contribution in [0.4, 0.5) is 0 Å². The molecule has 5 rings (SSSR count). The Morgan fingerprint density at radius 2 is 1.56 bits per heavy atom. The van der Waals surface area contributed by atoms with E-state index >= 15 is 0 Å². The van der Waals surface area contributed by atoms with Gasteiger partial charge >= 0.3 is 0 Å². The first kappa shape index (κ1) is 16.5. The molecule has 1 fully saturated rings. The van der Waals surface area contributed by atoms with Crippen molar-refractivity contribution in [2.75, 3.05) is 13.7 Å². The molecule has 1 N–H and O–H groups in total. The van der Waals surface area contributed by atoms with Gasteiger partial charge in [-0.25, -0.2) is 0 Å². The molecule has 1 saturated heterocycles. The van der Waals surface area contributed by atoms with Crippen LogP contribution in [0.1, 0.15) is 17.5 Å². The summed E-state index contributed by atoms with van der Waals surface area (Å²) in [7, 11) is 1.54. The van der Waals surface area contributed by atoms with Crippen molar-refractivity contribution in [2.24, 2.45) is 0 Å². The first-order valence-corrected chi connectivity index (χ1v) is 9.28. The van der Waals surface area contributed by atoms with Gasteiger partial charge in [0.05, 0.1) is 6.04 Å². The summed E-state index contributed by atoms with van der Waals surface area (Å²) < 4.78 is 5.39. The number of fused-ring (bicyclic) bond motifs is 2. The van der Waals surface area contributed by atoms with Crippen LogP contribution < -0.4 is 0 Å². The van der Waals surface area contributed by atoms with Crippen LogP contribution in [0.15, 0.2) is 71.8 Å². The number of methoxy groups -OCH3 is 1. The number of carbonyl (C=O) groups excluding carboxylic acids is 1. The van der Waals surface area contributed by atoms with Gasteiger partial charge in [0, 0.05) is 13.7 Å². The van der Waals surface area contributed by atoms with Crippen molar-refractivity contribution >= 4 is 17.1 Å². The number of nitrogens with zero attached hydrogens (tertiary/aromatic N) is 1. The molecule has 2 aliphatic heterocycles. The van der Waals surface area contributed by atoms with Crippen molar-refractivity contribution in [3.63, 3.8) is 0 Å². The third kappa shape index (κ3) is 2.34. The van der Waals surface area contributed by atoms with E-state index in [1.807, 2.05) is 48.5 Å². The number of β-lactam (4-membered cyclic amide) rings is 1. The average Bonchev–Trinajstić information content (AvgIpc) is 2.77. The predicted molar refractivity (Wildman–Crippen MR) is 104 cm³/mol. The lowest BCUT2D eigenvalue weighted by atomic mass is 9.75. The molecule has 0 radical (unpaired) electrons. The van der Waals surface area contributed by atoms with Gasteiger partial charge in [0.1, 0.15) is 6.10 Å². The van der Waals surface area contributed by atoms with Crippen LogP contribution in [0.3, 0.4) is 0 Å². The summed E-state index contributed by atoms with van der Waals surface area (Å²) in [5, 5.41) is 11.2. The zero-order valence-corrected chi connectivity index (χ0v) is 15.1. The Hall–Kier alpha value is -2.69. The number of ether oxygens (including phenoxy) is 1. The largest absolute Gasteiger partial charge is 0.386 e. The first-order valence-electron chi connectivity index (χ1n) is 9.28. The molecular weight excluding hydrogens is 338 g/mol. The first-order chi connectivity index (χ1) is 13.2. The Morgan fingerprint density at radius 1 is 0.926 bits per heavy atom. The molecule has 2 aromatic carbocycles. The Morgan fingerprint density at radius 3 is 2.19 bits per heavy atom. The lowest BCUT2D eigenvalue weighted by Crippen LogP contribution is -2.69. The highest BCUT2D eigenvalue weighted by molar-refractivity contribution is 5.97. The van der Waals surface area contributed by atoms with E-state index in [4.69, 9.17) is 4.74 Å². The molecule has 4 nitrogen and oxygen atoms in total. The normalized spacial score (nSPS) is 26.8. The van der Waals surface area contributed by atoms with Crippen molar-refractivity contribution in [1.82, 2.24) is 4.90 Å². The molecular formula is C23H21NO3. The van der Waals surface area contributed by atoms with Crippen molar-refractivity contribution in [2.45, 2.75) is 24.7 Å². The van der Waals surface area contributed by atoms with E-state index in [0.717, 1.165) is 17.6 Å². The van der Waals surface area contributed by atoms with Crippen LogP contribution in [0.25, 0.3) is 11.1 Å². The molecule has 3 aliphatic rings. The molecule has 2 aromatic rings. The van der Waals surface area contributed by atoms with Gasteiger partial charge in [-0.2, -0.15) is 0 Å². The summed E-state index contributed by atoms with van der Waals surface area (Å²) in [6.07, 6.45) is -0.509. The van der Waals surface area contributed by atoms with Gasteiger partial charge in [-0.1, -0.05) is 60.7 Å². The number of amides is 1. The summed E-state index contributed by atoms with van der Waals surface area (Å²) in [5.74, 6) is -0.0398. The van der Waals surface area contributed by atoms with Gasteiger partial charge in [0.15, 0.2) is 6.10 Å². The summed E-state index contributed by atoms with van der Waals surface area (Å²) in [6.45, 7) is 0.538. The summed E-state index contributed by atoms with van der Waals surface area (Å²) >= 11 is 0. The molecule has 136 valence electrons. The lowest BCUT2D eigenvalue weighted by Gasteiger charge is -2.47. The number of hydrogen-bond acceptors (Lipinski definition) is 3. The minimum atomic E-state index is -0.750. The number of rotatable bonds is 3. The second kappa shape index (κ2) is 6.19. The Labute approximate surface area is 158 Å². The van der Waals surface area contributed by atoms with Crippen molar-refractivity contribution in [3.8, 4) is 0 Å². The van der Waals surface area contributed by atoms with E-state index in [1.165, 1.54) is 29.4 Å². The second-order valence-electron chi connectivity index (χ2n) is 7.32. The van der Waals surface area contributed by atoms with Crippen LogP contribution in [0.5, 0.6) is 0 Å². The lowest BCUT2D eigenvalue weighted by molar-refractivity contribution is -0.175. The summed E-state index contributed by atoms with van der Waals surface area (Å²) in [5.41, 5.74) is 6.75. The molecule has 3 atom stereocenters. The summed E-state index contributed by atoms with van der Waals surface area (Å²) in [6, 6.07) is 20.0. The molecule has 0 aromatic heterocycles. The highest BCUT2D eigenvalue weighted by atomic mass is 16.5. The number of hydrogen-bond donors (Lipinski definition) is 1. The van der Waals surface area contributed by atoms with E-state index in [9.17, 15) is 9.90 Å². The fourth-order valence-corrected chi connectivity index (χ4v) is 4.61. The standard InChI is InChI=1S/C23H21NO3/c1-27-22-20-21(25)19(15-10-6-3-7-11-15)17-12-16(14-8-4-2-5-9-14)18(17)13-24(20)23(22)26/h2-11,20-22,25H,12-13H2,1H3/t20-,21+,22+/m0/s1. The number of aliphatic hydroxyl groups is 1. The monoisotopic (exact) mass is 359 g/mol. The van der Waals surface area contributed by atoms with Gasteiger partial charge < -0.3 is 14.7 Å². The van der Waals surface area contributed by atoms with E-state index in [1.54, 1.807) is 4.90 Å². The molecule has 0 saturated carbocycles. The van der Waals surface area contributed by atoms with Crippen LogP contribution in [-0.2, 0) is 9.53 Å². The topological polar surface area (TPSA) is 49.8 Å². The molecule has 1 aliphatic carbocycles. The van der Waals surface area contributed by atoms with Crippen LogP contribution in [0.2, 0.25) is 0 Å². The van der Waals surface area contributed by atoms with Gasteiger partial charge in [0.25, 0.3) is 5.91 Å². The van der Waals surface area contributed by atoms with E-state index in [0.29, 0.717) is 6.54 Å². The zero-order chi connectivity index (χ0) is 18.5. The fourth-order valence-electron chi connectivity index (χ4n) is 4.61. The van der Waals surface area contributed by atoms with Gasteiger partial charge in [-0.05, 0) is 39.8 Å². The second-order valence-corrected chi connectivity index (χ2v) is 7.32. The van der Waals surface area contributed by atoms with E-state index < -0.39 is 12.2 Å². The van der Waals surface area contributed by atoms with Crippen LogP contribution in [-0.4, -0.2) is 47.8 Å². The third-order valence-electron chi connectivity index (χ3n) is 6.01. The Bertz CT molecular complexity index is 962.